The van der Waals surface area contributed by atoms with Gasteiger partial charge >= 0.3 is 0 Å². The zero-order valence-corrected chi connectivity index (χ0v) is 10.5. The van der Waals surface area contributed by atoms with Crippen LogP contribution < -0.4 is 10.6 Å². The van der Waals surface area contributed by atoms with Crippen molar-refractivity contribution in [2.45, 2.75) is 18.6 Å². The van der Waals surface area contributed by atoms with E-state index in [0.717, 1.165) is 16.5 Å². The van der Waals surface area contributed by atoms with Gasteiger partial charge < -0.3 is 15.7 Å². The topological polar surface area (TPSA) is 61.4 Å². The summed E-state index contributed by atoms with van der Waals surface area (Å²) in [4.78, 5) is 12.0. The Kier molecular flexibility index (Phi) is 3.19. The van der Waals surface area contributed by atoms with Crippen LogP contribution in [0.1, 0.15) is 6.42 Å². The number of benzene rings is 2. The Balaban J connectivity index is 1.76. The number of aliphatic hydroxyl groups excluding tert-OH is 1. The van der Waals surface area contributed by atoms with Crippen molar-refractivity contribution in [1.82, 2.24) is 5.32 Å². The van der Waals surface area contributed by atoms with Crippen LogP contribution in [0.25, 0.3) is 10.8 Å². The Morgan fingerprint density at radius 3 is 2.74 bits per heavy atom. The molecule has 2 aromatic rings. The second-order valence-corrected chi connectivity index (χ2v) is 4.90. The maximum atomic E-state index is 12.0. The fourth-order valence-electron chi connectivity index (χ4n) is 2.41. The lowest BCUT2D eigenvalue weighted by Crippen LogP contribution is -2.35. The quantitative estimate of drug-likeness (QED) is 0.763. The number of aliphatic hydroxyl groups is 1. The van der Waals surface area contributed by atoms with Crippen LogP contribution in [0.2, 0.25) is 0 Å². The van der Waals surface area contributed by atoms with Gasteiger partial charge in [-0.05, 0) is 29.3 Å². The van der Waals surface area contributed by atoms with Crippen LogP contribution in [0.4, 0.5) is 5.69 Å². The molecule has 1 amide bonds. The van der Waals surface area contributed by atoms with E-state index in [4.69, 9.17) is 0 Å². The predicted octanol–water partition coefficient (Wildman–Crippen LogP) is 1.50. The maximum absolute atomic E-state index is 12.0. The lowest BCUT2D eigenvalue weighted by molar-refractivity contribution is -0.117. The van der Waals surface area contributed by atoms with Crippen molar-refractivity contribution in [1.29, 1.82) is 0 Å². The summed E-state index contributed by atoms with van der Waals surface area (Å²) in [5, 5.41) is 17.5. The normalized spacial score (nSPS) is 22.6. The number of nitrogens with one attached hydrogen (secondary N) is 2. The Hall–Kier alpha value is -1.91. The number of carbonyl (C=O) groups excluding carboxylic acids is 1. The van der Waals surface area contributed by atoms with Gasteiger partial charge in [0.1, 0.15) is 0 Å². The summed E-state index contributed by atoms with van der Waals surface area (Å²) >= 11 is 0. The molecule has 0 aliphatic carbocycles. The van der Waals surface area contributed by atoms with Crippen molar-refractivity contribution in [3.8, 4) is 0 Å². The van der Waals surface area contributed by atoms with Crippen molar-refractivity contribution in [2.75, 3.05) is 11.9 Å². The molecule has 1 aliphatic rings. The van der Waals surface area contributed by atoms with Gasteiger partial charge in [-0.15, -0.1) is 0 Å². The molecule has 2 atom stereocenters. The summed E-state index contributed by atoms with van der Waals surface area (Å²) in [6, 6.07) is 13.6. The number of hydrogen-bond acceptors (Lipinski definition) is 3. The number of anilines is 1. The Labute approximate surface area is 111 Å². The molecule has 4 heteroatoms. The van der Waals surface area contributed by atoms with Crippen molar-refractivity contribution in [3.63, 3.8) is 0 Å². The zero-order chi connectivity index (χ0) is 13.2. The molecular weight excluding hydrogens is 240 g/mol. The van der Waals surface area contributed by atoms with Crippen molar-refractivity contribution >= 4 is 22.4 Å². The molecule has 3 rings (SSSR count). The summed E-state index contributed by atoms with van der Waals surface area (Å²) in [7, 11) is 0. The molecule has 1 fully saturated rings. The van der Waals surface area contributed by atoms with E-state index in [1.54, 1.807) is 0 Å². The molecule has 19 heavy (non-hydrogen) atoms. The minimum atomic E-state index is -0.424. The molecule has 1 saturated heterocycles. The van der Waals surface area contributed by atoms with Crippen molar-refractivity contribution in [2.24, 2.45) is 0 Å². The number of β-amino-alcohol motifs (C(OH)–C–C–N with tert-alkyl or cyclic N) is 1. The first-order valence-corrected chi connectivity index (χ1v) is 6.43. The lowest BCUT2D eigenvalue weighted by Gasteiger charge is -2.11. The van der Waals surface area contributed by atoms with Gasteiger partial charge in [-0.1, -0.05) is 30.3 Å². The van der Waals surface area contributed by atoms with Crippen LogP contribution in [0.3, 0.4) is 0 Å². The van der Waals surface area contributed by atoms with Gasteiger partial charge in [0.25, 0.3) is 0 Å². The third kappa shape index (κ3) is 2.59. The molecule has 1 heterocycles. The van der Waals surface area contributed by atoms with Crippen molar-refractivity contribution in [3.05, 3.63) is 42.5 Å². The number of carbonyl (C=O) groups is 1. The highest BCUT2D eigenvalue weighted by atomic mass is 16.3. The highest BCUT2D eigenvalue weighted by Crippen LogP contribution is 2.19. The van der Waals surface area contributed by atoms with E-state index in [9.17, 15) is 9.90 Å². The highest BCUT2D eigenvalue weighted by Gasteiger charge is 2.27. The molecule has 2 aromatic carbocycles. The highest BCUT2D eigenvalue weighted by molar-refractivity contribution is 5.97. The molecule has 0 spiro atoms. The second kappa shape index (κ2) is 4.99. The number of hydrogen-bond donors (Lipinski definition) is 3. The Bertz CT molecular complexity index is 612. The van der Waals surface area contributed by atoms with Gasteiger partial charge in [-0.25, -0.2) is 0 Å². The number of fused-ring (bicyclic) bond motifs is 1. The summed E-state index contributed by atoms with van der Waals surface area (Å²) < 4.78 is 0. The van der Waals surface area contributed by atoms with Gasteiger partial charge in [-0.2, -0.15) is 0 Å². The van der Waals surface area contributed by atoms with Crippen LogP contribution >= 0.6 is 0 Å². The molecule has 0 aromatic heterocycles. The molecule has 1 aliphatic heterocycles. The standard InChI is InChI=1S/C15H16N2O2/c18-13-8-14(16-9-13)15(19)17-12-6-5-10-3-1-2-4-11(10)7-12/h1-7,13-14,16,18H,8-9H2,(H,17,19)/t13-,14-/m1/s1. The van der Waals surface area contributed by atoms with Gasteiger partial charge in [0.15, 0.2) is 0 Å². The number of rotatable bonds is 2. The maximum Gasteiger partial charge on any atom is 0.241 e. The van der Waals surface area contributed by atoms with Crippen LogP contribution in [0.15, 0.2) is 42.5 Å². The summed E-state index contributed by atoms with van der Waals surface area (Å²) in [6.07, 6.45) is 0.0479. The van der Waals surface area contributed by atoms with Gasteiger partial charge in [0.05, 0.1) is 12.1 Å². The van der Waals surface area contributed by atoms with E-state index in [2.05, 4.69) is 10.6 Å². The fourth-order valence-corrected chi connectivity index (χ4v) is 2.41. The monoisotopic (exact) mass is 256 g/mol. The van der Waals surface area contributed by atoms with Crippen LogP contribution in [0.5, 0.6) is 0 Å². The third-order valence-electron chi connectivity index (χ3n) is 3.44. The summed E-state index contributed by atoms with van der Waals surface area (Å²) in [5.41, 5.74) is 0.784. The van der Waals surface area contributed by atoms with Crippen molar-refractivity contribution < 1.29 is 9.90 Å². The third-order valence-corrected chi connectivity index (χ3v) is 3.44. The molecule has 4 nitrogen and oxygen atoms in total. The SMILES string of the molecule is O=C(Nc1ccc2ccccc2c1)[C@H]1C[C@@H](O)CN1. The molecule has 98 valence electrons. The Morgan fingerprint density at radius 2 is 2.00 bits per heavy atom. The van der Waals surface area contributed by atoms with Crippen LogP contribution in [-0.4, -0.2) is 29.7 Å². The average molecular weight is 256 g/mol. The molecule has 0 unspecified atom stereocenters. The summed E-state index contributed by atoms with van der Waals surface area (Å²) in [6.45, 7) is 0.482. The average Bonchev–Trinajstić information content (AvgIpc) is 2.85. The van der Waals surface area contributed by atoms with Gasteiger partial charge in [-0.3, -0.25) is 4.79 Å². The van der Waals surface area contributed by atoms with E-state index in [-0.39, 0.29) is 11.9 Å². The first-order chi connectivity index (χ1) is 9.22. The zero-order valence-electron chi connectivity index (χ0n) is 10.5. The van der Waals surface area contributed by atoms with E-state index >= 15 is 0 Å². The fraction of sp³-hybridized carbons (Fsp3) is 0.267. The molecule has 0 bridgehead atoms. The van der Waals surface area contributed by atoms with E-state index < -0.39 is 6.10 Å². The molecular formula is C15H16N2O2. The van der Waals surface area contributed by atoms with E-state index in [0.29, 0.717) is 13.0 Å². The van der Waals surface area contributed by atoms with Gasteiger partial charge in [0, 0.05) is 12.2 Å². The largest absolute Gasteiger partial charge is 0.392 e. The Morgan fingerprint density at radius 1 is 1.21 bits per heavy atom. The smallest absolute Gasteiger partial charge is 0.241 e. The second-order valence-electron chi connectivity index (χ2n) is 4.90. The first kappa shape index (κ1) is 12.1. The van der Waals surface area contributed by atoms with E-state index in [1.807, 2.05) is 42.5 Å². The minimum Gasteiger partial charge on any atom is -0.392 e. The molecule has 3 N–H and O–H groups in total. The van der Waals surface area contributed by atoms with E-state index in [1.165, 1.54) is 0 Å². The first-order valence-electron chi connectivity index (χ1n) is 6.43. The number of amides is 1. The summed E-state index contributed by atoms with van der Waals surface area (Å²) in [5.74, 6) is -0.0909. The van der Waals surface area contributed by atoms with Crippen LogP contribution in [-0.2, 0) is 4.79 Å². The van der Waals surface area contributed by atoms with Gasteiger partial charge in [0.2, 0.25) is 5.91 Å². The molecule has 0 radical (unpaired) electrons. The van der Waals surface area contributed by atoms with Crippen LogP contribution in [0, 0.1) is 0 Å². The lowest BCUT2D eigenvalue weighted by atomic mass is 10.1. The minimum absolute atomic E-state index is 0.0909. The molecule has 0 saturated carbocycles. The predicted molar refractivity (Wildman–Crippen MR) is 75.0 cm³/mol.